The lowest BCUT2D eigenvalue weighted by Gasteiger charge is -2.11. The van der Waals surface area contributed by atoms with Crippen LogP contribution in [0.2, 0.25) is 0 Å². The van der Waals surface area contributed by atoms with Crippen LogP contribution < -0.4 is 10.6 Å². The second-order valence-corrected chi connectivity index (χ2v) is 4.49. The Hall–Kier alpha value is -1.49. The van der Waals surface area contributed by atoms with E-state index in [0.717, 1.165) is 37.7 Å². The average Bonchev–Trinajstić information content (AvgIpc) is 2.83. The summed E-state index contributed by atoms with van der Waals surface area (Å²) in [5, 5.41) is 6.01. The van der Waals surface area contributed by atoms with Gasteiger partial charge in [0.25, 0.3) is 0 Å². The van der Waals surface area contributed by atoms with Crippen LogP contribution >= 0.6 is 0 Å². The molecular formula is C13H16F2N2O. The van der Waals surface area contributed by atoms with Crippen molar-refractivity contribution in [2.24, 2.45) is 0 Å². The van der Waals surface area contributed by atoms with Gasteiger partial charge in [0.1, 0.15) is 11.6 Å². The molecule has 98 valence electrons. The van der Waals surface area contributed by atoms with Gasteiger partial charge in [-0.3, -0.25) is 4.79 Å². The van der Waals surface area contributed by atoms with Crippen molar-refractivity contribution in [3.05, 3.63) is 35.4 Å². The van der Waals surface area contributed by atoms with E-state index in [0.29, 0.717) is 0 Å². The summed E-state index contributed by atoms with van der Waals surface area (Å²) in [6, 6.07) is 3.46. The predicted octanol–water partition coefficient (Wildman–Crippen LogP) is 1.38. The third-order valence-corrected chi connectivity index (χ3v) is 3.05. The van der Waals surface area contributed by atoms with Crippen LogP contribution in [-0.2, 0) is 11.2 Å². The molecule has 1 aromatic carbocycles. The molecule has 0 aromatic heterocycles. The zero-order valence-corrected chi connectivity index (χ0v) is 10.0. The van der Waals surface area contributed by atoms with Gasteiger partial charge in [-0.1, -0.05) is 0 Å². The number of hydrogen-bond donors (Lipinski definition) is 2. The highest BCUT2D eigenvalue weighted by Crippen LogP contribution is 2.11. The maximum atomic E-state index is 13.3. The van der Waals surface area contributed by atoms with E-state index >= 15 is 0 Å². The van der Waals surface area contributed by atoms with Crippen LogP contribution in [0.5, 0.6) is 0 Å². The number of rotatable bonds is 4. The summed E-state index contributed by atoms with van der Waals surface area (Å²) in [6.45, 7) is 1.68. The van der Waals surface area contributed by atoms with Crippen molar-refractivity contribution in [1.29, 1.82) is 0 Å². The van der Waals surface area contributed by atoms with Crippen LogP contribution in [0.1, 0.15) is 18.4 Å². The molecule has 5 heteroatoms. The third-order valence-electron chi connectivity index (χ3n) is 3.05. The van der Waals surface area contributed by atoms with E-state index in [1.54, 1.807) is 0 Å². The van der Waals surface area contributed by atoms with Crippen LogP contribution in [-0.4, -0.2) is 25.0 Å². The molecule has 0 saturated carbocycles. The smallest absolute Gasteiger partial charge is 0.220 e. The van der Waals surface area contributed by atoms with Crippen LogP contribution in [0.25, 0.3) is 0 Å². The number of hydrogen-bond acceptors (Lipinski definition) is 2. The van der Waals surface area contributed by atoms with Gasteiger partial charge in [0.2, 0.25) is 5.91 Å². The predicted molar refractivity (Wildman–Crippen MR) is 64.1 cm³/mol. The molecule has 2 N–H and O–H groups in total. The summed E-state index contributed by atoms with van der Waals surface area (Å²) in [5.74, 6) is -1.06. The minimum Gasteiger partial charge on any atom is -0.352 e. The molecule has 1 unspecified atom stereocenters. The molecule has 3 nitrogen and oxygen atoms in total. The third kappa shape index (κ3) is 3.50. The second-order valence-electron chi connectivity index (χ2n) is 4.49. The molecule has 1 amide bonds. The van der Waals surface area contributed by atoms with E-state index in [2.05, 4.69) is 10.6 Å². The number of amides is 1. The average molecular weight is 254 g/mol. The molecule has 1 aliphatic heterocycles. The number of halogens is 2. The number of carbonyl (C=O) groups is 1. The molecule has 18 heavy (non-hydrogen) atoms. The summed E-state index contributed by atoms with van der Waals surface area (Å²) in [6.07, 6.45) is 1.31. The summed E-state index contributed by atoms with van der Waals surface area (Å²) < 4.78 is 26.2. The molecule has 0 spiro atoms. The van der Waals surface area contributed by atoms with E-state index in [-0.39, 0.29) is 30.4 Å². The summed E-state index contributed by atoms with van der Waals surface area (Å²) >= 11 is 0. The minimum absolute atomic E-state index is 0.118. The first-order chi connectivity index (χ1) is 8.65. The maximum absolute atomic E-state index is 13.3. The van der Waals surface area contributed by atoms with Gasteiger partial charge in [-0.05, 0) is 43.1 Å². The van der Waals surface area contributed by atoms with E-state index in [1.807, 2.05) is 0 Å². The molecule has 1 heterocycles. The van der Waals surface area contributed by atoms with Gasteiger partial charge in [0.15, 0.2) is 0 Å². The van der Waals surface area contributed by atoms with Crippen LogP contribution in [0.3, 0.4) is 0 Å². The summed E-state index contributed by atoms with van der Waals surface area (Å²) in [4.78, 5) is 11.6. The normalized spacial score (nSPS) is 18.9. The second kappa shape index (κ2) is 5.91. The van der Waals surface area contributed by atoms with Gasteiger partial charge >= 0.3 is 0 Å². The highest BCUT2D eigenvalue weighted by molar-refractivity contribution is 5.76. The van der Waals surface area contributed by atoms with Gasteiger partial charge in [0.05, 0.1) is 0 Å². The summed E-state index contributed by atoms with van der Waals surface area (Å²) in [7, 11) is 0. The lowest BCUT2D eigenvalue weighted by molar-refractivity contribution is -0.121. The molecule has 1 aliphatic rings. The standard InChI is InChI=1S/C13H16F2N2O/c14-10-2-3-12(15)9(7-10)1-4-13(18)17-11-5-6-16-8-11/h2-3,7,11,16H,1,4-6,8H2,(H,17,18). The number of nitrogens with one attached hydrogen (secondary N) is 2. The van der Waals surface area contributed by atoms with E-state index in [4.69, 9.17) is 0 Å². The molecule has 1 saturated heterocycles. The van der Waals surface area contributed by atoms with Crippen LogP contribution in [0.4, 0.5) is 8.78 Å². The maximum Gasteiger partial charge on any atom is 0.220 e. The van der Waals surface area contributed by atoms with E-state index < -0.39 is 11.6 Å². The Morgan fingerprint density at radius 2 is 2.28 bits per heavy atom. The largest absolute Gasteiger partial charge is 0.352 e. The highest BCUT2D eigenvalue weighted by atomic mass is 19.1. The first-order valence-corrected chi connectivity index (χ1v) is 6.09. The first kappa shape index (κ1) is 13.0. The van der Waals surface area contributed by atoms with Gasteiger partial charge in [-0.15, -0.1) is 0 Å². The fourth-order valence-electron chi connectivity index (χ4n) is 2.06. The van der Waals surface area contributed by atoms with Crippen LogP contribution in [0, 0.1) is 11.6 Å². The van der Waals surface area contributed by atoms with Crippen molar-refractivity contribution in [1.82, 2.24) is 10.6 Å². The molecule has 1 atom stereocenters. The Morgan fingerprint density at radius 1 is 1.44 bits per heavy atom. The Balaban J connectivity index is 1.83. The van der Waals surface area contributed by atoms with Crippen molar-refractivity contribution >= 4 is 5.91 Å². The monoisotopic (exact) mass is 254 g/mol. The SMILES string of the molecule is O=C(CCc1cc(F)ccc1F)NC1CCNC1. The fraction of sp³-hybridized carbons (Fsp3) is 0.462. The van der Waals surface area contributed by atoms with E-state index in [9.17, 15) is 13.6 Å². The molecule has 1 fully saturated rings. The van der Waals surface area contributed by atoms with Gasteiger partial charge in [-0.25, -0.2) is 8.78 Å². The van der Waals surface area contributed by atoms with Crippen LogP contribution in [0.15, 0.2) is 18.2 Å². The van der Waals surface area contributed by atoms with Gasteiger partial charge < -0.3 is 10.6 Å². The zero-order valence-electron chi connectivity index (χ0n) is 10.0. The quantitative estimate of drug-likeness (QED) is 0.852. The first-order valence-electron chi connectivity index (χ1n) is 6.09. The molecule has 2 rings (SSSR count). The fourth-order valence-corrected chi connectivity index (χ4v) is 2.06. The number of carbonyl (C=O) groups excluding carboxylic acids is 1. The number of aryl methyl sites for hydroxylation is 1. The topological polar surface area (TPSA) is 41.1 Å². The molecule has 0 radical (unpaired) electrons. The minimum atomic E-state index is -0.480. The van der Waals surface area contributed by atoms with Crippen molar-refractivity contribution in [3.8, 4) is 0 Å². The molecule has 1 aromatic rings. The Labute approximate surface area is 105 Å². The Bertz CT molecular complexity index is 431. The lowest BCUT2D eigenvalue weighted by atomic mass is 10.1. The molecular weight excluding hydrogens is 238 g/mol. The van der Waals surface area contributed by atoms with Crippen molar-refractivity contribution in [2.75, 3.05) is 13.1 Å². The zero-order chi connectivity index (χ0) is 13.0. The van der Waals surface area contributed by atoms with Gasteiger partial charge in [-0.2, -0.15) is 0 Å². The lowest BCUT2D eigenvalue weighted by Crippen LogP contribution is -2.36. The summed E-state index contributed by atoms with van der Waals surface area (Å²) in [5.41, 5.74) is 0.245. The van der Waals surface area contributed by atoms with Crippen molar-refractivity contribution in [2.45, 2.75) is 25.3 Å². The Kier molecular flexibility index (Phi) is 4.25. The molecule has 0 bridgehead atoms. The highest BCUT2D eigenvalue weighted by Gasteiger charge is 2.16. The van der Waals surface area contributed by atoms with Crippen molar-refractivity contribution in [3.63, 3.8) is 0 Å². The van der Waals surface area contributed by atoms with E-state index in [1.165, 1.54) is 0 Å². The Morgan fingerprint density at radius 3 is 3.00 bits per heavy atom. The molecule has 0 aliphatic carbocycles. The number of benzene rings is 1. The van der Waals surface area contributed by atoms with Crippen molar-refractivity contribution < 1.29 is 13.6 Å². The van der Waals surface area contributed by atoms with Gasteiger partial charge in [0, 0.05) is 19.0 Å².